The van der Waals surface area contributed by atoms with E-state index < -0.39 is 0 Å². The van der Waals surface area contributed by atoms with E-state index >= 15 is 0 Å². The molecule has 23 heavy (non-hydrogen) atoms. The molecule has 0 saturated carbocycles. The highest BCUT2D eigenvalue weighted by Crippen LogP contribution is 2.19. The van der Waals surface area contributed by atoms with Crippen molar-refractivity contribution < 1.29 is 9.59 Å². The maximum atomic E-state index is 11.8. The van der Waals surface area contributed by atoms with E-state index in [1.807, 2.05) is 25.1 Å². The van der Waals surface area contributed by atoms with Gasteiger partial charge in [0.15, 0.2) is 0 Å². The van der Waals surface area contributed by atoms with Gasteiger partial charge in [-0.15, -0.1) is 12.4 Å². The molecule has 0 radical (unpaired) electrons. The Kier molecular flexibility index (Phi) is 8.58. The Morgan fingerprint density at radius 1 is 1.35 bits per heavy atom. The van der Waals surface area contributed by atoms with Crippen molar-refractivity contribution in [3.63, 3.8) is 0 Å². The first-order valence-electron chi connectivity index (χ1n) is 7.58. The summed E-state index contributed by atoms with van der Waals surface area (Å²) in [4.78, 5) is 23.6. The molecule has 5 nitrogen and oxygen atoms in total. The van der Waals surface area contributed by atoms with Gasteiger partial charge < -0.3 is 16.0 Å². The minimum absolute atomic E-state index is 0. The van der Waals surface area contributed by atoms with Crippen LogP contribution < -0.4 is 16.0 Å². The molecule has 1 atom stereocenters. The number of amides is 2. The van der Waals surface area contributed by atoms with Gasteiger partial charge in [-0.1, -0.05) is 15.9 Å². The number of hydrogen-bond donors (Lipinski definition) is 3. The van der Waals surface area contributed by atoms with E-state index in [1.54, 1.807) is 0 Å². The van der Waals surface area contributed by atoms with Crippen LogP contribution in [0.25, 0.3) is 0 Å². The summed E-state index contributed by atoms with van der Waals surface area (Å²) in [5, 5.41) is 8.73. The van der Waals surface area contributed by atoms with Crippen LogP contribution in [0.1, 0.15) is 24.8 Å². The van der Waals surface area contributed by atoms with Crippen LogP contribution in [0, 0.1) is 12.8 Å². The fraction of sp³-hybridized carbons (Fsp3) is 0.500. The van der Waals surface area contributed by atoms with Crippen LogP contribution in [-0.2, 0) is 9.59 Å². The first kappa shape index (κ1) is 19.9. The van der Waals surface area contributed by atoms with Gasteiger partial charge in [0.2, 0.25) is 11.8 Å². The quantitative estimate of drug-likeness (QED) is 0.682. The summed E-state index contributed by atoms with van der Waals surface area (Å²) in [6.07, 6.45) is 2.50. The molecule has 2 rings (SSSR count). The van der Waals surface area contributed by atoms with Crippen molar-refractivity contribution in [3.8, 4) is 0 Å². The zero-order valence-corrected chi connectivity index (χ0v) is 15.6. The summed E-state index contributed by atoms with van der Waals surface area (Å²) in [7, 11) is 0. The standard InChI is InChI=1S/C16H22BrN3O2.ClH/c1-11-8-13(3-4-14(11)17)20-16(22)10-19-15(21)5-2-12-6-7-18-9-12;/h3-4,8,12,18H,2,5-7,9-10H2,1H3,(H,19,21)(H,20,22);1H. The largest absolute Gasteiger partial charge is 0.347 e. The van der Waals surface area contributed by atoms with Gasteiger partial charge in [-0.3, -0.25) is 9.59 Å². The van der Waals surface area contributed by atoms with Crippen molar-refractivity contribution in [2.45, 2.75) is 26.2 Å². The first-order valence-corrected chi connectivity index (χ1v) is 8.37. The van der Waals surface area contributed by atoms with Crippen molar-refractivity contribution in [2.75, 3.05) is 25.0 Å². The van der Waals surface area contributed by atoms with Crippen LogP contribution in [0.3, 0.4) is 0 Å². The number of hydrogen-bond acceptors (Lipinski definition) is 3. The molecule has 7 heteroatoms. The molecule has 128 valence electrons. The van der Waals surface area contributed by atoms with E-state index in [-0.39, 0.29) is 30.8 Å². The Morgan fingerprint density at radius 3 is 2.78 bits per heavy atom. The molecule has 1 unspecified atom stereocenters. The minimum Gasteiger partial charge on any atom is -0.347 e. The van der Waals surface area contributed by atoms with Crippen LogP contribution in [0.2, 0.25) is 0 Å². The predicted molar refractivity (Wildman–Crippen MR) is 98.0 cm³/mol. The normalized spacial score (nSPS) is 16.5. The van der Waals surface area contributed by atoms with Gasteiger partial charge in [-0.05, 0) is 62.5 Å². The maximum absolute atomic E-state index is 11.8. The number of aryl methyl sites for hydroxylation is 1. The molecule has 1 aliphatic rings. The smallest absolute Gasteiger partial charge is 0.243 e. The number of rotatable bonds is 6. The zero-order valence-electron chi connectivity index (χ0n) is 13.2. The predicted octanol–water partition coefficient (Wildman–Crippen LogP) is 2.62. The van der Waals surface area contributed by atoms with Gasteiger partial charge in [0, 0.05) is 16.6 Å². The third-order valence-corrected chi connectivity index (χ3v) is 4.72. The lowest BCUT2D eigenvalue weighted by atomic mass is 10.0. The number of carbonyl (C=O) groups excluding carboxylic acids is 2. The Morgan fingerprint density at radius 2 is 2.13 bits per heavy atom. The van der Waals surface area contributed by atoms with E-state index in [1.165, 1.54) is 0 Å². The second-order valence-electron chi connectivity index (χ2n) is 5.69. The molecule has 1 aliphatic heterocycles. The minimum atomic E-state index is -0.211. The van der Waals surface area contributed by atoms with E-state index in [0.29, 0.717) is 12.3 Å². The Hall–Kier alpha value is -1.11. The number of carbonyl (C=O) groups is 2. The second-order valence-corrected chi connectivity index (χ2v) is 6.54. The fourth-order valence-electron chi connectivity index (χ4n) is 2.49. The van der Waals surface area contributed by atoms with Gasteiger partial charge in [0.05, 0.1) is 6.54 Å². The number of anilines is 1. The molecule has 0 aromatic heterocycles. The van der Waals surface area contributed by atoms with Crippen LogP contribution in [0.4, 0.5) is 5.69 Å². The summed E-state index contributed by atoms with van der Waals surface area (Å²) >= 11 is 3.42. The van der Waals surface area contributed by atoms with E-state index in [9.17, 15) is 9.59 Å². The number of halogens is 2. The lowest BCUT2D eigenvalue weighted by molar-refractivity contribution is -0.124. The van der Waals surface area contributed by atoms with E-state index in [2.05, 4.69) is 31.9 Å². The molecule has 1 aromatic rings. The van der Waals surface area contributed by atoms with E-state index in [0.717, 1.165) is 41.7 Å². The van der Waals surface area contributed by atoms with Crippen molar-refractivity contribution >= 4 is 45.8 Å². The highest BCUT2D eigenvalue weighted by molar-refractivity contribution is 9.10. The summed E-state index contributed by atoms with van der Waals surface area (Å²) in [5.41, 5.74) is 1.78. The molecular formula is C16H23BrClN3O2. The molecule has 0 aliphatic carbocycles. The third-order valence-electron chi connectivity index (χ3n) is 3.83. The lowest BCUT2D eigenvalue weighted by Crippen LogP contribution is -2.33. The van der Waals surface area contributed by atoms with Crippen molar-refractivity contribution in [3.05, 3.63) is 28.2 Å². The van der Waals surface area contributed by atoms with Crippen molar-refractivity contribution in [2.24, 2.45) is 5.92 Å². The van der Waals surface area contributed by atoms with E-state index in [4.69, 9.17) is 0 Å². The second kappa shape index (κ2) is 9.90. The molecular weight excluding hydrogens is 382 g/mol. The zero-order chi connectivity index (χ0) is 15.9. The Labute approximate surface area is 151 Å². The van der Waals surface area contributed by atoms with Crippen LogP contribution in [0.5, 0.6) is 0 Å². The number of nitrogens with one attached hydrogen (secondary N) is 3. The summed E-state index contributed by atoms with van der Waals surface area (Å²) in [5.74, 6) is 0.317. The summed E-state index contributed by atoms with van der Waals surface area (Å²) < 4.78 is 1.00. The van der Waals surface area contributed by atoms with Crippen LogP contribution >= 0.6 is 28.3 Å². The average molecular weight is 405 g/mol. The third kappa shape index (κ3) is 6.89. The van der Waals surface area contributed by atoms with Crippen LogP contribution in [-0.4, -0.2) is 31.4 Å². The summed E-state index contributed by atoms with van der Waals surface area (Å²) in [6, 6.07) is 5.60. The first-order chi connectivity index (χ1) is 10.5. The van der Waals surface area contributed by atoms with Crippen molar-refractivity contribution in [1.29, 1.82) is 0 Å². The van der Waals surface area contributed by atoms with Gasteiger partial charge in [0.25, 0.3) is 0 Å². The average Bonchev–Trinajstić information content (AvgIpc) is 3.00. The molecule has 1 fully saturated rings. The van der Waals surface area contributed by atoms with Gasteiger partial charge >= 0.3 is 0 Å². The monoisotopic (exact) mass is 403 g/mol. The Balaban J connectivity index is 0.00000264. The molecule has 1 aromatic carbocycles. The molecule has 1 saturated heterocycles. The molecule has 0 bridgehead atoms. The van der Waals surface area contributed by atoms with Gasteiger partial charge in [-0.2, -0.15) is 0 Å². The highest BCUT2D eigenvalue weighted by Gasteiger charge is 2.15. The highest BCUT2D eigenvalue weighted by atomic mass is 79.9. The molecule has 3 N–H and O–H groups in total. The molecule has 1 heterocycles. The maximum Gasteiger partial charge on any atom is 0.243 e. The lowest BCUT2D eigenvalue weighted by Gasteiger charge is -2.10. The van der Waals surface area contributed by atoms with Gasteiger partial charge in [0.1, 0.15) is 0 Å². The summed E-state index contributed by atoms with van der Waals surface area (Å²) in [6.45, 7) is 4.01. The fourth-order valence-corrected chi connectivity index (χ4v) is 2.74. The number of benzene rings is 1. The topological polar surface area (TPSA) is 70.2 Å². The molecule has 2 amide bonds. The van der Waals surface area contributed by atoms with Gasteiger partial charge in [-0.25, -0.2) is 0 Å². The van der Waals surface area contributed by atoms with Crippen LogP contribution in [0.15, 0.2) is 22.7 Å². The van der Waals surface area contributed by atoms with Crippen molar-refractivity contribution in [1.82, 2.24) is 10.6 Å². The Bertz CT molecular complexity index is 548. The SMILES string of the molecule is Cc1cc(NC(=O)CNC(=O)CCC2CCNC2)ccc1Br.Cl. The molecule has 0 spiro atoms.